The lowest BCUT2D eigenvalue weighted by Gasteiger charge is -2.34. The lowest BCUT2D eigenvalue weighted by Crippen LogP contribution is -2.47. The van der Waals surface area contributed by atoms with Crippen LogP contribution in [-0.4, -0.2) is 60.6 Å². The first kappa shape index (κ1) is 39.2. The number of aryl methyl sites for hydroxylation is 1. The largest absolute Gasteiger partial charge is 0.497 e. The number of methoxy groups -OCH3 is 1. The van der Waals surface area contributed by atoms with E-state index in [0.29, 0.717) is 41.8 Å². The summed E-state index contributed by atoms with van der Waals surface area (Å²) in [4.78, 5) is 21.5. The molecule has 4 aromatic carbocycles. The van der Waals surface area contributed by atoms with Crippen molar-refractivity contribution >= 4 is 23.6 Å². The van der Waals surface area contributed by atoms with Crippen LogP contribution in [0.4, 0.5) is 13.2 Å². The van der Waals surface area contributed by atoms with Crippen molar-refractivity contribution in [1.82, 2.24) is 14.8 Å². The average molecular weight is 772 g/mol. The van der Waals surface area contributed by atoms with Gasteiger partial charge in [-0.3, -0.25) is 9.69 Å². The van der Waals surface area contributed by atoms with E-state index in [1.165, 1.54) is 29.5 Å². The monoisotopic (exact) mass is 771 g/mol. The van der Waals surface area contributed by atoms with E-state index < -0.39 is 11.7 Å². The molecule has 0 bridgehead atoms. The molecular weight excluding hydrogens is 731 g/mol. The van der Waals surface area contributed by atoms with Crippen molar-refractivity contribution in [3.05, 3.63) is 148 Å². The van der Waals surface area contributed by atoms with Gasteiger partial charge in [0.2, 0.25) is 11.8 Å². The van der Waals surface area contributed by atoms with Gasteiger partial charge in [-0.1, -0.05) is 48.0 Å². The molecule has 8 nitrogen and oxygen atoms in total. The van der Waals surface area contributed by atoms with E-state index in [2.05, 4.69) is 22.0 Å². The van der Waals surface area contributed by atoms with Crippen LogP contribution in [0.5, 0.6) is 28.9 Å². The minimum absolute atomic E-state index is 0.0604. The highest BCUT2D eigenvalue weighted by atomic mass is 35.5. The first-order valence-electron chi connectivity index (χ1n) is 17.8. The number of ether oxygens (including phenoxy) is 4. The van der Waals surface area contributed by atoms with E-state index >= 15 is 0 Å². The molecule has 1 aliphatic rings. The Bertz CT molecular complexity index is 2030. The van der Waals surface area contributed by atoms with E-state index in [-0.39, 0.29) is 18.4 Å². The highest BCUT2D eigenvalue weighted by molar-refractivity contribution is 6.32. The number of hydrogen-bond donors (Lipinski definition) is 0. The fourth-order valence-electron chi connectivity index (χ4n) is 5.98. The van der Waals surface area contributed by atoms with Gasteiger partial charge in [-0.2, -0.15) is 13.2 Å². The molecule has 1 amide bonds. The molecule has 0 unspecified atom stereocenters. The van der Waals surface area contributed by atoms with E-state index in [1.807, 2.05) is 54.3 Å². The number of amides is 1. The molecule has 0 spiro atoms. The number of carbonyl (C=O) groups excluding carboxylic acids is 1. The number of halogens is 4. The van der Waals surface area contributed by atoms with Crippen molar-refractivity contribution in [3.63, 3.8) is 0 Å². The second-order valence-electron chi connectivity index (χ2n) is 13.1. The number of alkyl halides is 3. The maximum absolute atomic E-state index is 13.0. The quantitative estimate of drug-likeness (QED) is 0.104. The number of aromatic nitrogens is 1. The Morgan fingerprint density at radius 1 is 0.818 bits per heavy atom. The van der Waals surface area contributed by atoms with Gasteiger partial charge in [0, 0.05) is 51.3 Å². The highest BCUT2D eigenvalue weighted by Gasteiger charge is 2.30. The van der Waals surface area contributed by atoms with E-state index in [0.717, 1.165) is 60.8 Å². The van der Waals surface area contributed by atoms with Crippen LogP contribution in [0, 0.1) is 6.92 Å². The van der Waals surface area contributed by atoms with Crippen LogP contribution < -0.4 is 18.9 Å². The fraction of sp³-hybridized carbons (Fsp3) is 0.256. The van der Waals surface area contributed by atoms with Crippen molar-refractivity contribution in [2.45, 2.75) is 32.7 Å². The van der Waals surface area contributed by atoms with Crippen molar-refractivity contribution in [3.8, 4) is 28.9 Å². The van der Waals surface area contributed by atoms with Gasteiger partial charge in [-0.25, -0.2) is 4.98 Å². The van der Waals surface area contributed by atoms with Crippen molar-refractivity contribution < 1.29 is 36.9 Å². The minimum Gasteiger partial charge on any atom is -0.497 e. The number of piperazine rings is 1. The maximum atomic E-state index is 13.0. The average Bonchev–Trinajstić information content (AvgIpc) is 3.19. The lowest BCUT2D eigenvalue weighted by molar-refractivity contribution is -0.137. The number of pyridine rings is 1. The molecule has 6 rings (SSSR count). The van der Waals surface area contributed by atoms with E-state index in [4.69, 9.17) is 30.5 Å². The SMILES string of the molecule is COc1ccc(CCOc2ccc(CN3CCN(C(=O)/C=C/c4cc(C)c(Oc5ccc(OCc6ccc(C(F)(F)F)cc6)cn5)c(Cl)c4)CC3)cc2)cc1. The summed E-state index contributed by atoms with van der Waals surface area (Å²) >= 11 is 6.59. The van der Waals surface area contributed by atoms with E-state index in [9.17, 15) is 18.0 Å². The normalized spacial score (nSPS) is 13.5. The Morgan fingerprint density at radius 3 is 2.11 bits per heavy atom. The van der Waals surface area contributed by atoms with Gasteiger partial charge in [0.05, 0.1) is 30.5 Å². The standard InChI is InChI=1S/C43H41ClF3N3O5/c1-30-25-34(26-39(44)42(30)55-40-17-16-38(27-48-40)54-29-33-3-10-35(11-4-33)43(45,46)47)9-18-41(51)50-22-20-49(21-23-50)28-32-7-14-37(15-8-32)53-24-19-31-5-12-36(52-2)13-6-31/h3-18,25-27H,19-24,28-29H2,1-2H3/b18-9+. The summed E-state index contributed by atoms with van der Waals surface area (Å²) in [5, 5.41) is 0.360. The van der Waals surface area contributed by atoms with Crippen LogP contribution in [0.3, 0.4) is 0 Å². The van der Waals surface area contributed by atoms with Gasteiger partial charge in [0.25, 0.3) is 0 Å². The summed E-state index contributed by atoms with van der Waals surface area (Å²) in [6, 6.07) is 27.8. The second kappa shape index (κ2) is 18.2. The van der Waals surface area contributed by atoms with Crippen LogP contribution >= 0.6 is 11.6 Å². The van der Waals surface area contributed by atoms with Gasteiger partial charge < -0.3 is 23.8 Å². The fourth-order valence-corrected chi connectivity index (χ4v) is 6.30. The molecule has 0 atom stereocenters. The van der Waals surface area contributed by atoms with Gasteiger partial charge >= 0.3 is 6.18 Å². The third-order valence-electron chi connectivity index (χ3n) is 9.10. The third kappa shape index (κ3) is 11.3. The number of nitrogens with zero attached hydrogens (tertiary/aromatic N) is 3. The van der Waals surface area contributed by atoms with Gasteiger partial charge in [-0.05, 0) is 95.4 Å². The lowest BCUT2D eigenvalue weighted by atomic mass is 10.1. The van der Waals surface area contributed by atoms with Crippen molar-refractivity contribution in [1.29, 1.82) is 0 Å². The summed E-state index contributed by atoms with van der Waals surface area (Å²) in [5.74, 6) is 2.76. The van der Waals surface area contributed by atoms with E-state index in [1.54, 1.807) is 37.5 Å². The van der Waals surface area contributed by atoms with Crippen molar-refractivity contribution in [2.24, 2.45) is 0 Å². The molecular formula is C43H41ClF3N3O5. The highest BCUT2D eigenvalue weighted by Crippen LogP contribution is 2.34. The first-order valence-corrected chi connectivity index (χ1v) is 18.2. The Kier molecular flexibility index (Phi) is 13.0. The molecule has 286 valence electrons. The van der Waals surface area contributed by atoms with Gasteiger partial charge in [-0.15, -0.1) is 0 Å². The van der Waals surface area contributed by atoms with Crippen molar-refractivity contribution in [2.75, 3.05) is 39.9 Å². The Labute approximate surface area is 323 Å². The molecule has 12 heteroatoms. The smallest absolute Gasteiger partial charge is 0.416 e. The predicted octanol–water partition coefficient (Wildman–Crippen LogP) is 9.42. The summed E-state index contributed by atoms with van der Waals surface area (Å²) in [5.41, 5.74) is 3.78. The minimum atomic E-state index is -4.39. The zero-order chi connectivity index (χ0) is 38.8. The second-order valence-corrected chi connectivity index (χ2v) is 13.5. The Morgan fingerprint density at radius 2 is 1.47 bits per heavy atom. The summed E-state index contributed by atoms with van der Waals surface area (Å²) < 4.78 is 61.2. The number of carbonyl (C=O) groups is 1. The molecule has 0 saturated carbocycles. The van der Waals surface area contributed by atoms with Gasteiger partial charge in [0.1, 0.15) is 23.9 Å². The molecule has 1 aromatic heterocycles. The molecule has 0 N–H and O–H groups in total. The number of rotatable bonds is 14. The molecule has 1 saturated heterocycles. The molecule has 55 heavy (non-hydrogen) atoms. The van der Waals surface area contributed by atoms with Gasteiger partial charge in [0.15, 0.2) is 5.75 Å². The topological polar surface area (TPSA) is 73.4 Å². The molecule has 5 aromatic rings. The maximum Gasteiger partial charge on any atom is 0.416 e. The summed E-state index contributed by atoms with van der Waals surface area (Å²) in [7, 11) is 1.66. The molecule has 1 fully saturated rings. The summed E-state index contributed by atoms with van der Waals surface area (Å²) in [6.07, 6.45) is 1.21. The predicted molar refractivity (Wildman–Crippen MR) is 206 cm³/mol. The first-order chi connectivity index (χ1) is 26.5. The van der Waals surface area contributed by atoms with Crippen LogP contribution in [0.1, 0.15) is 33.4 Å². The zero-order valence-electron chi connectivity index (χ0n) is 30.5. The molecule has 2 heterocycles. The third-order valence-corrected chi connectivity index (χ3v) is 9.39. The Hall–Kier alpha value is -5.52. The van der Waals surface area contributed by atoms with Crippen LogP contribution in [0.2, 0.25) is 5.02 Å². The van der Waals surface area contributed by atoms with Crippen LogP contribution in [0.25, 0.3) is 6.08 Å². The Balaban J connectivity index is 0.923. The van der Waals surface area contributed by atoms with Crippen LogP contribution in [0.15, 0.2) is 109 Å². The molecule has 0 radical (unpaired) electrons. The van der Waals surface area contributed by atoms with Crippen LogP contribution in [-0.2, 0) is 30.5 Å². The molecule has 1 aliphatic heterocycles. The summed E-state index contributed by atoms with van der Waals surface area (Å²) in [6.45, 7) is 6.15. The zero-order valence-corrected chi connectivity index (χ0v) is 31.3. The number of hydrogen-bond acceptors (Lipinski definition) is 7. The number of benzene rings is 4. The molecule has 0 aliphatic carbocycles.